The van der Waals surface area contributed by atoms with E-state index in [-0.39, 0.29) is 21.5 Å². The van der Waals surface area contributed by atoms with Crippen LogP contribution in [0.5, 0.6) is 0 Å². The quantitative estimate of drug-likeness (QED) is 0.319. The molecule has 0 rings (SSSR count). The van der Waals surface area contributed by atoms with E-state index in [4.69, 9.17) is 91.5 Å². The Hall–Kier alpha value is -1.61. The van der Waals surface area contributed by atoms with Gasteiger partial charge >= 0.3 is 0 Å². The zero-order valence-electron chi connectivity index (χ0n) is 8.78. The van der Waals surface area contributed by atoms with Crippen LogP contribution < -0.4 is 0 Å². The maximum absolute atomic E-state index is 8.00. The first-order valence-corrected chi connectivity index (χ1v) is 1.43. The molecule has 0 aromatic carbocycles. The molecule has 24 heavy (non-hydrogen) atoms. The minimum absolute atomic E-state index is 0. The highest BCUT2D eigenvalue weighted by Gasteiger charge is 1.02. The fraction of sp³-hybridized carbons (Fsp3) is 1.00. The first-order chi connectivity index (χ1) is 10.0. The minimum Gasteiger partial charge on any atom is -0.269 e. The fourth-order valence-corrected chi connectivity index (χ4v) is 0. The summed E-state index contributed by atoms with van der Waals surface area (Å²) in [5.74, 6) is 0. The van der Waals surface area contributed by atoms with Crippen molar-refractivity contribution in [3.8, 4) is 0 Å². The highest BCUT2D eigenvalue weighted by Crippen LogP contribution is 1.44. The second-order valence-electron chi connectivity index (χ2n) is 0. The van der Waals surface area contributed by atoms with E-state index in [9.17, 15) is 0 Å². The van der Waals surface area contributed by atoms with E-state index in [2.05, 4.69) is 0 Å². The van der Waals surface area contributed by atoms with Gasteiger partial charge in [-0.1, -0.05) is 7.43 Å². The summed E-state index contributed by atoms with van der Waals surface area (Å²) >= 11 is 0. The van der Waals surface area contributed by atoms with Crippen molar-refractivity contribution in [2.75, 3.05) is 0 Å². The number of rotatable bonds is 0. The van der Waals surface area contributed by atoms with Gasteiger partial charge in [0, 0.05) is 91.5 Å². The van der Waals surface area contributed by atoms with Crippen LogP contribution in [0.3, 0.4) is 0 Å². The third kappa shape index (κ3) is 2960. The predicted molar refractivity (Wildman–Crippen MR) is 36.4 cm³/mol. The van der Waals surface area contributed by atoms with Gasteiger partial charge in [0.15, 0.2) is 0 Å². The topological polar surface area (TPSA) is 0 Å². The van der Waals surface area contributed by atoms with Gasteiger partial charge in [-0.2, -0.15) is 0 Å². The van der Waals surface area contributed by atoms with E-state index in [1.54, 1.807) is 0 Å². The van der Waals surface area contributed by atoms with Crippen LogP contribution >= 0.6 is 0 Å². The molecule has 0 bridgehead atoms. The minimum atomic E-state index is 0. The van der Waals surface area contributed by atoms with Gasteiger partial charge in [0.2, 0.25) is 0 Å². The Bertz CT molecular complexity index is 6.00. The Labute approximate surface area is 115 Å². The summed E-state index contributed by atoms with van der Waals surface area (Å²) in [5, 5.41) is 0. The third-order valence-electron chi connectivity index (χ3n) is 0. The fourth-order valence-electron chi connectivity index (χ4n) is 0. The van der Waals surface area contributed by atoms with Crippen LogP contribution in [0.1, 0.15) is 7.43 Å². The molecule has 0 aromatic rings. The van der Waals surface area contributed by atoms with Crippen molar-refractivity contribution in [3.63, 3.8) is 0 Å². The Balaban J connectivity index is -0.00000000379. The Morgan fingerprint density at radius 1 is 0.167 bits per heavy atom. The maximum Gasteiger partial charge on any atom is 0 e. The van der Waals surface area contributed by atoms with Crippen molar-refractivity contribution < 1.29 is 106 Å². The molecule has 23 heteroatoms. The Morgan fingerprint density at radius 2 is 0.167 bits per heavy atom. The molecule has 172 valence electrons. The molecule has 0 aromatic heterocycles. The van der Waals surface area contributed by atoms with Crippen LogP contribution in [-0.2, 0) is 0 Å². The molecule has 0 heterocycles. The molecule has 0 atom stereocenters. The summed E-state index contributed by atoms with van der Waals surface area (Å²) in [6.45, 7) is 0. The van der Waals surface area contributed by atoms with Crippen molar-refractivity contribution in [1.29, 1.82) is 0 Å². The molecule has 0 amide bonds. The summed E-state index contributed by atoms with van der Waals surface area (Å²) in [6.07, 6.45) is 0. The predicted octanol–water partition coefficient (Wildman–Crippen LogP) is 9.50. The van der Waals surface area contributed by atoms with Crippen LogP contribution in [0, 0.1) is 0 Å². The second-order valence-corrected chi connectivity index (χ2v) is 0. The molecule has 0 unspecified atom stereocenters. The van der Waals surface area contributed by atoms with E-state index in [1.807, 2.05) is 0 Å². The van der Waals surface area contributed by atoms with Gasteiger partial charge in [0.25, 0.3) is 0 Å². The maximum atomic E-state index is 8.00. The van der Waals surface area contributed by atoms with Crippen molar-refractivity contribution in [3.05, 3.63) is 0 Å². The lowest BCUT2D eigenvalue weighted by molar-refractivity contribution is 0.108. The zero-order chi connectivity index (χ0) is 20.0. The van der Waals surface area contributed by atoms with Gasteiger partial charge in [0.05, 0.1) is 0 Å². The average Bonchev–Trinajstić information content (AvgIpc) is 2.71. The lowest BCUT2D eigenvalue weighted by Gasteiger charge is -1.00. The van der Waals surface area contributed by atoms with E-state index >= 15 is 0 Å². The standard InChI is InChI=1S/CH4.10F2.3FH/c;10*1-2;;;/h1H4;;;;;;;;;;;3*1H. The zero-order valence-corrected chi connectivity index (χ0v) is 8.78. The monoisotopic (exact) mass is 456 g/mol. The van der Waals surface area contributed by atoms with Gasteiger partial charge in [-0.05, 0) is 0 Å². The molecule has 0 radical (unpaired) electrons. The molecule has 0 aliphatic carbocycles. The first-order valence-electron chi connectivity index (χ1n) is 1.43. The second kappa shape index (κ2) is 3430. The number of hydrogen-bond donors (Lipinski definition) is 0. The normalized spacial score (nSPS) is 2.50. The molecule has 0 spiro atoms. The SMILES string of the molecule is C.F.F.F.FF.FF.FF.FF.FF.FF.FF.FF.FF.FF. The van der Waals surface area contributed by atoms with Gasteiger partial charge in [-0.25, -0.2) is 0 Å². The van der Waals surface area contributed by atoms with Gasteiger partial charge in [-0.15, -0.1) is 0 Å². The molecule has 0 aliphatic heterocycles. The molecular formula is CH7F23. The van der Waals surface area contributed by atoms with Crippen molar-refractivity contribution in [2.45, 2.75) is 7.43 Å². The van der Waals surface area contributed by atoms with Crippen molar-refractivity contribution >= 4 is 0 Å². The Morgan fingerprint density at radius 3 is 0.167 bits per heavy atom. The summed E-state index contributed by atoms with van der Waals surface area (Å²) in [5.41, 5.74) is 0. The lowest BCUT2D eigenvalue weighted by Crippen LogP contribution is -0.580. The largest absolute Gasteiger partial charge is 0.269 e. The van der Waals surface area contributed by atoms with E-state index in [0.29, 0.717) is 0 Å². The van der Waals surface area contributed by atoms with E-state index in [1.165, 1.54) is 0 Å². The van der Waals surface area contributed by atoms with Crippen molar-refractivity contribution in [2.24, 2.45) is 0 Å². The molecular weight excluding hydrogens is 449 g/mol. The van der Waals surface area contributed by atoms with Gasteiger partial charge in [0.1, 0.15) is 0 Å². The molecule has 0 aliphatic rings. The van der Waals surface area contributed by atoms with E-state index < -0.39 is 0 Å². The molecule has 0 N–H and O–H groups in total. The Kier molecular flexibility index (Phi) is 20800. The van der Waals surface area contributed by atoms with Crippen LogP contribution in [-0.4, -0.2) is 0 Å². The van der Waals surface area contributed by atoms with E-state index in [0.717, 1.165) is 0 Å². The van der Waals surface area contributed by atoms with Crippen LogP contribution in [0.25, 0.3) is 0 Å². The summed E-state index contributed by atoms with van der Waals surface area (Å²) in [6, 6.07) is 0. The average molecular weight is 456 g/mol. The molecule has 0 fully saturated rings. The number of hydrogen-bond acceptors (Lipinski definition) is 0. The molecule has 0 saturated carbocycles. The molecule has 0 nitrogen and oxygen atoms in total. The van der Waals surface area contributed by atoms with Crippen LogP contribution in [0.4, 0.5) is 106 Å². The summed E-state index contributed by atoms with van der Waals surface area (Å²) in [7, 11) is 0. The highest BCUT2D eigenvalue weighted by atomic mass is 20.0. The lowest BCUT2D eigenvalue weighted by atomic mass is 12.0. The van der Waals surface area contributed by atoms with Crippen molar-refractivity contribution in [1.82, 2.24) is 0 Å². The first kappa shape index (κ1) is 146. The van der Waals surface area contributed by atoms with Gasteiger partial charge in [-0.3, -0.25) is 14.1 Å². The van der Waals surface area contributed by atoms with Gasteiger partial charge < -0.3 is 0 Å². The number of halogens is 23. The highest BCUT2D eigenvalue weighted by molar-refractivity contribution is 2.50. The smallest absolute Gasteiger partial charge is 0 e. The molecule has 0 saturated heterocycles. The summed E-state index contributed by atoms with van der Waals surface area (Å²) in [4.78, 5) is 0. The summed E-state index contributed by atoms with van der Waals surface area (Å²) < 4.78 is 160. The van der Waals surface area contributed by atoms with Crippen LogP contribution in [0.15, 0.2) is 0 Å². The third-order valence-corrected chi connectivity index (χ3v) is 0. The van der Waals surface area contributed by atoms with Crippen LogP contribution in [0.2, 0.25) is 0 Å².